The number of ether oxygens (including phenoxy) is 2. The van der Waals surface area contributed by atoms with Crippen molar-refractivity contribution >= 4 is 12.6 Å². The van der Waals surface area contributed by atoms with Gasteiger partial charge < -0.3 is 19.5 Å². The SMILES string of the molecule is OB(O)c1cnc(OC2CCOC2)nc1. The Morgan fingerprint density at radius 1 is 1.40 bits per heavy atom. The molecule has 0 saturated carbocycles. The van der Waals surface area contributed by atoms with Crippen LogP contribution in [-0.2, 0) is 4.74 Å². The van der Waals surface area contributed by atoms with Gasteiger partial charge in [-0.25, -0.2) is 9.97 Å². The predicted octanol–water partition coefficient (Wildman–Crippen LogP) is -1.68. The van der Waals surface area contributed by atoms with Crippen LogP contribution in [0.5, 0.6) is 6.01 Å². The summed E-state index contributed by atoms with van der Waals surface area (Å²) in [5, 5.41) is 17.6. The van der Waals surface area contributed by atoms with Crippen molar-refractivity contribution in [1.29, 1.82) is 0 Å². The first-order valence-corrected chi connectivity index (χ1v) is 4.68. The van der Waals surface area contributed by atoms with Crippen molar-refractivity contribution in [2.24, 2.45) is 0 Å². The van der Waals surface area contributed by atoms with E-state index in [4.69, 9.17) is 19.5 Å². The summed E-state index contributed by atoms with van der Waals surface area (Å²) in [7, 11) is -1.55. The zero-order valence-electron chi connectivity index (χ0n) is 8.04. The summed E-state index contributed by atoms with van der Waals surface area (Å²) in [5.74, 6) is 0. The highest BCUT2D eigenvalue weighted by Gasteiger charge is 2.19. The van der Waals surface area contributed by atoms with Gasteiger partial charge in [-0.2, -0.15) is 0 Å². The van der Waals surface area contributed by atoms with Gasteiger partial charge in [0.2, 0.25) is 0 Å². The van der Waals surface area contributed by atoms with Crippen molar-refractivity contribution in [3.05, 3.63) is 12.4 Å². The molecular formula is C8H11BN2O4. The van der Waals surface area contributed by atoms with Gasteiger partial charge in [-0.3, -0.25) is 0 Å². The molecule has 1 atom stereocenters. The average molecular weight is 210 g/mol. The number of nitrogens with zero attached hydrogens (tertiary/aromatic N) is 2. The highest BCUT2D eigenvalue weighted by atomic mass is 16.6. The standard InChI is InChI=1S/C8H11BN2O4/c12-9(13)6-3-10-8(11-4-6)15-7-1-2-14-5-7/h3-4,7,12-13H,1-2,5H2. The van der Waals surface area contributed by atoms with Crippen LogP contribution in [0, 0.1) is 0 Å². The van der Waals surface area contributed by atoms with Crippen molar-refractivity contribution < 1.29 is 19.5 Å². The van der Waals surface area contributed by atoms with Crippen molar-refractivity contribution in [2.45, 2.75) is 12.5 Å². The molecule has 7 heteroatoms. The molecule has 15 heavy (non-hydrogen) atoms. The molecule has 0 bridgehead atoms. The topological polar surface area (TPSA) is 84.7 Å². The molecule has 6 nitrogen and oxygen atoms in total. The largest absolute Gasteiger partial charge is 0.491 e. The Kier molecular flexibility index (Phi) is 3.15. The second-order valence-corrected chi connectivity index (χ2v) is 3.28. The monoisotopic (exact) mass is 210 g/mol. The van der Waals surface area contributed by atoms with Gasteiger partial charge in [0.25, 0.3) is 0 Å². The average Bonchev–Trinajstić information content (AvgIpc) is 2.71. The third kappa shape index (κ3) is 2.65. The van der Waals surface area contributed by atoms with E-state index in [1.165, 1.54) is 12.4 Å². The molecule has 0 aromatic carbocycles. The van der Waals surface area contributed by atoms with Gasteiger partial charge in [0, 0.05) is 24.3 Å². The van der Waals surface area contributed by atoms with Gasteiger partial charge in [0.15, 0.2) is 0 Å². The maximum absolute atomic E-state index is 8.81. The van der Waals surface area contributed by atoms with Crippen LogP contribution in [0.4, 0.5) is 0 Å². The summed E-state index contributed by atoms with van der Waals surface area (Å²) < 4.78 is 10.5. The van der Waals surface area contributed by atoms with Crippen LogP contribution in [0.1, 0.15) is 6.42 Å². The molecule has 0 radical (unpaired) electrons. The first-order valence-electron chi connectivity index (χ1n) is 4.68. The third-order valence-corrected chi connectivity index (χ3v) is 2.11. The molecule has 1 saturated heterocycles. The number of hydrogen-bond acceptors (Lipinski definition) is 6. The Balaban J connectivity index is 1.97. The third-order valence-electron chi connectivity index (χ3n) is 2.11. The van der Waals surface area contributed by atoms with Crippen LogP contribution >= 0.6 is 0 Å². The first kappa shape index (κ1) is 10.3. The smallest absolute Gasteiger partial charge is 0.458 e. The number of rotatable bonds is 3. The minimum Gasteiger partial charge on any atom is -0.458 e. The fraction of sp³-hybridized carbons (Fsp3) is 0.500. The van der Waals surface area contributed by atoms with E-state index < -0.39 is 7.12 Å². The van der Waals surface area contributed by atoms with Crippen LogP contribution in [0.3, 0.4) is 0 Å². The minimum atomic E-state index is -1.55. The van der Waals surface area contributed by atoms with Gasteiger partial charge >= 0.3 is 13.1 Å². The van der Waals surface area contributed by atoms with Crippen LogP contribution in [-0.4, -0.2) is 46.5 Å². The minimum absolute atomic E-state index is 0.00472. The Labute approximate surface area is 87.0 Å². The van der Waals surface area contributed by atoms with Crippen molar-refractivity contribution in [1.82, 2.24) is 9.97 Å². The van der Waals surface area contributed by atoms with E-state index in [2.05, 4.69) is 9.97 Å². The molecule has 1 aromatic rings. The van der Waals surface area contributed by atoms with Crippen LogP contribution in [0.2, 0.25) is 0 Å². The summed E-state index contributed by atoms with van der Waals surface area (Å²) in [5.41, 5.74) is 0.241. The molecule has 80 valence electrons. The Bertz CT molecular complexity index is 313. The van der Waals surface area contributed by atoms with Crippen LogP contribution in [0.15, 0.2) is 12.4 Å². The van der Waals surface area contributed by atoms with Crippen LogP contribution in [0.25, 0.3) is 0 Å². The van der Waals surface area contributed by atoms with Gasteiger partial charge in [-0.15, -0.1) is 0 Å². The highest BCUT2D eigenvalue weighted by Crippen LogP contribution is 2.10. The zero-order chi connectivity index (χ0) is 10.7. The zero-order valence-corrected chi connectivity index (χ0v) is 8.04. The van der Waals surface area contributed by atoms with E-state index in [0.29, 0.717) is 13.2 Å². The summed E-state index contributed by atoms with van der Waals surface area (Å²) in [6.45, 7) is 1.24. The predicted molar refractivity (Wildman–Crippen MR) is 51.7 cm³/mol. The molecule has 0 spiro atoms. The normalized spacial score (nSPS) is 20.3. The number of hydrogen-bond donors (Lipinski definition) is 2. The van der Waals surface area contributed by atoms with E-state index in [1.54, 1.807) is 0 Å². The summed E-state index contributed by atoms with van der Waals surface area (Å²) >= 11 is 0. The summed E-state index contributed by atoms with van der Waals surface area (Å²) in [6.07, 6.45) is 3.47. The second-order valence-electron chi connectivity index (χ2n) is 3.28. The summed E-state index contributed by atoms with van der Waals surface area (Å²) in [6, 6.07) is 0.231. The van der Waals surface area contributed by atoms with Crippen molar-refractivity contribution in [2.75, 3.05) is 13.2 Å². The molecule has 1 unspecified atom stereocenters. The molecule has 0 amide bonds. The highest BCUT2D eigenvalue weighted by molar-refractivity contribution is 6.58. The lowest BCUT2D eigenvalue weighted by molar-refractivity contribution is 0.134. The molecule has 1 aliphatic rings. The fourth-order valence-electron chi connectivity index (χ4n) is 1.28. The molecular weight excluding hydrogens is 199 g/mol. The summed E-state index contributed by atoms with van der Waals surface area (Å²) in [4.78, 5) is 7.71. The van der Waals surface area contributed by atoms with Gasteiger partial charge in [-0.1, -0.05) is 0 Å². The van der Waals surface area contributed by atoms with Crippen molar-refractivity contribution in [3.8, 4) is 6.01 Å². The molecule has 1 fully saturated rings. The van der Waals surface area contributed by atoms with Gasteiger partial charge in [-0.05, 0) is 0 Å². The van der Waals surface area contributed by atoms with E-state index in [1.807, 2.05) is 0 Å². The maximum atomic E-state index is 8.81. The molecule has 1 aromatic heterocycles. The van der Waals surface area contributed by atoms with Crippen molar-refractivity contribution in [3.63, 3.8) is 0 Å². The van der Waals surface area contributed by atoms with Crippen LogP contribution < -0.4 is 10.2 Å². The molecule has 2 heterocycles. The van der Waals surface area contributed by atoms with Gasteiger partial charge in [0.1, 0.15) is 6.10 Å². The molecule has 0 aliphatic carbocycles. The second kappa shape index (κ2) is 4.56. The molecule has 2 rings (SSSR count). The Morgan fingerprint density at radius 2 is 2.13 bits per heavy atom. The van der Waals surface area contributed by atoms with E-state index >= 15 is 0 Å². The van der Waals surface area contributed by atoms with Gasteiger partial charge in [0.05, 0.1) is 13.2 Å². The maximum Gasteiger partial charge on any atom is 0.491 e. The Morgan fingerprint density at radius 3 is 2.67 bits per heavy atom. The molecule has 1 aliphatic heterocycles. The lowest BCUT2D eigenvalue weighted by atomic mass is 9.83. The first-order chi connectivity index (χ1) is 7.25. The Hall–Kier alpha value is -1.18. The van der Waals surface area contributed by atoms with E-state index in [-0.39, 0.29) is 17.6 Å². The lowest BCUT2D eigenvalue weighted by Gasteiger charge is -2.09. The van der Waals surface area contributed by atoms with E-state index in [9.17, 15) is 0 Å². The quantitative estimate of drug-likeness (QED) is 0.580. The fourth-order valence-corrected chi connectivity index (χ4v) is 1.28. The molecule has 2 N–H and O–H groups in total. The van der Waals surface area contributed by atoms with E-state index in [0.717, 1.165) is 6.42 Å². The lowest BCUT2D eigenvalue weighted by Crippen LogP contribution is -2.31. The number of aromatic nitrogens is 2.